The molecule has 3 nitrogen and oxygen atoms in total. The first-order chi connectivity index (χ1) is 11.7. The van der Waals surface area contributed by atoms with Crippen LogP contribution in [0.4, 0.5) is 0 Å². The monoisotopic (exact) mass is 350 g/mol. The average molecular weight is 351 g/mol. The van der Waals surface area contributed by atoms with E-state index in [4.69, 9.17) is 16.3 Å². The van der Waals surface area contributed by atoms with Crippen LogP contribution >= 0.6 is 11.6 Å². The van der Waals surface area contributed by atoms with Crippen molar-refractivity contribution in [2.24, 2.45) is 0 Å². The summed E-state index contributed by atoms with van der Waals surface area (Å²) in [6.07, 6.45) is 9.49. The van der Waals surface area contributed by atoms with Gasteiger partial charge in [0.2, 0.25) is 0 Å². The van der Waals surface area contributed by atoms with Crippen LogP contribution in [-0.4, -0.2) is 44.3 Å². The van der Waals surface area contributed by atoms with Gasteiger partial charge in [0, 0.05) is 29.7 Å². The first kappa shape index (κ1) is 18.2. The van der Waals surface area contributed by atoms with Crippen LogP contribution in [-0.2, 0) is 10.3 Å². The molecule has 2 aliphatic carbocycles. The Morgan fingerprint density at radius 3 is 2.12 bits per heavy atom. The van der Waals surface area contributed by atoms with E-state index in [9.17, 15) is 0 Å². The van der Waals surface area contributed by atoms with E-state index in [-0.39, 0.29) is 5.54 Å². The van der Waals surface area contributed by atoms with Gasteiger partial charge in [0.15, 0.2) is 0 Å². The molecule has 4 rings (SSSR count). The Morgan fingerprint density at radius 2 is 1.67 bits per heavy atom. The molecule has 3 fully saturated rings. The Balaban J connectivity index is 0.000000238. The first-order valence-corrected chi connectivity index (χ1v) is 9.88. The second kappa shape index (κ2) is 8.66. The zero-order valence-electron chi connectivity index (χ0n) is 14.9. The maximum absolute atomic E-state index is 6.04. The third-order valence-electron chi connectivity index (χ3n) is 5.68. The van der Waals surface area contributed by atoms with Crippen molar-refractivity contribution in [3.05, 3.63) is 34.9 Å². The highest BCUT2D eigenvalue weighted by Crippen LogP contribution is 2.46. The van der Waals surface area contributed by atoms with Gasteiger partial charge in [-0.15, -0.1) is 0 Å². The minimum absolute atomic E-state index is 0.282. The van der Waals surface area contributed by atoms with Crippen molar-refractivity contribution in [2.75, 3.05) is 33.4 Å². The number of hydrogen-bond acceptors (Lipinski definition) is 3. The smallest absolute Gasteiger partial charge is 0.0591 e. The van der Waals surface area contributed by atoms with Crippen LogP contribution in [0, 0.1) is 0 Å². The number of hydrogen-bond donors (Lipinski definition) is 1. The topological polar surface area (TPSA) is 24.5 Å². The van der Waals surface area contributed by atoms with Gasteiger partial charge in [0.1, 0.15) is 0 Å². The molecule has 0 aromatic heterocycles. The van der Waals surface area contributed by atoms with Crippen LogP contribution in [0.3, 0.4) is 0 Å². The predicted molar refractivity (Wildman–Crippen MR) is 101 cm³/mol. The zero-order chi connectivity index (χ0) is 16.8. The quantitative estimate of drug-likeness (QED) is 0.884. The highest BCUT2D eigenvalue weighted by Gasteiger charge is 2.43. The third-order valence-corrected chi connectivity index (χ3v) is 5.93. The Labute approximate surface area is 151 Å². The molecule has 1 N–H and O–H groups in total. The van der Waals surface area contributed by atoms with E-state index in [1.54, 1.807) is 0 Å². The van der Waals surface area contributed by atoms with Crippen molar-refractivity contribution in [1.82, 2.24) is 10.2 Å². The third kappa shape index (κ3) is 4.51. The van der Waals surface area contributed by atoms with Crippen molar-refractivity contribution in [3.63, 3.8) is 0 Å². The van der Waals surface area contributed by atoms with E-state index in [2.05, 4.69) is 29.4 Å². The number of ether oxygens (including phenoxy) is 1. The van der Waals surface area contributed by atoms with Crippen molar-refractivity contribution in [3.8, 4) is 0 Å². The van der Waals surface area contributed by atoms with E-state index in [0.29, 0.717) is 0 Å². The summed E-state index contributed by atoms with van der Waals surface area (Å²) in [5, 5.41) is 4.01. The first-order valence-electron chi connectivity index (χ1n) is 9.50. The standard InChI is InChI=1S/C16H22ClN.C4H9NO/c1-18(15-9-10-15)16(11-3-2-4-12-16)13-5-7-14(17)8-6-13;1-3-6-4-2-5-1/h5-8,15H,2-4,9-12H2,1H3;5H,1-4H2. The Kier molecular flexibility index (Phi) is 6.56. The van der Waals surface area contributed by atoms with E-state index in [0.717, 1.165) is 37.4 Å². The molecule has 1 aromatic rings. The molecule has 24 heavy (non-hydrogen) atoms. The molecule has 4 heteroatoms. The van der Waals surface area contributed by atoms with Crippen molar-refractivity contribution >= 4 is 11.6 Å². The number of nitrogens with zero attached hydrogens (tertiary/aromatic N) is 1. The second-order valence-corrected chi connectivity index (χ2v) is 7.74. The number of nitrogens with one attached hydrogen (secondary N) is 1. The van der Waals surface area contributed by atoms with Gasteiger partial charge in [-0.2, -0.15) is 0 Å². The highest BCUT2D eigenvalue weighted by molar-refractivity contribution is 6.30. The average Bonchev–Trinajstić information content (AvgIpc) is 3.49. The van der Waals surface area contributed by atoms with Gasteiger partial charge in [-0.25, -0.2) is 0 Å². The van der Waals surface area contributed by atoms with Gasteiger partial charge < -0.3 is 10.1 Å². The van der Waals surface area contributed by atoms with Gasteiger partial charge in [-0.05, 0) is 50.4 Å². The molecular formula is C20H31ClN2O. The Hall–Kier alpha value is -0.610. The fraction of sp³-hybridized carbons (Fsp3) is 0.700. The molecule has 134 valence electrons. The van der Waals surface area contributed by atoms with Crippen molar-refractivity contribution in [2.45, 2.75) is 56.5 Å². The number of rotatable bonds is 3. The Bertz CT molecular complexity index is 479. The maximum atomic E-state index is 6.04. The number of morpholine rings is 1. The lowest BCUT2D eigenvalue weighted by Crippen LogP contribution is -2.46. The van der Waals surface area contributed by atoms with E-state index >= 15 is 0 Å². The molecule has 1 saturated heterocycles. The summed E-state index contributed by atoms with van der Waals surface area (Å²) < 4.78 is 5.01. The highest BCUT2D eigenvalue weighted by atomic mass is 35.5. The lowest BCUT2D eigenvalue weighted by Gasteiger charge is -2.45. The van der Waals surface area contributed by atoms with Gasteiger partial charge in [-0.1, -0.05) is 43.0 Å². The lowest BCUT2D eigenvalue weighted by atomic mass is 9.75. The molecular weight excluding hydrogens is 320 g/mol. The molecule has 0 spiro atoms. The molecule has 1 heterocycles. The molecule has 0 unspecified atom stereocenters. The second-order valence-electron chi connectivity index (χ2n) is 7.30. The summed E-state index contributed by atoms with van der Waals surface area (Å²) in [4.78, 5) is 2.66. The van der Waals surface area contributed by atoms with Crippen LogP contribution in [0.5, 0.6) is 0 Å². The normalized spacial score (nSPS) is 23.5. The van der Waals surface area contributed by atoms with E-state index in [1.165, 1.54) is 50.5 Å². The molecule has 0 bridgehead atoms. The number of halogens is 1. The lowest BCUT2D eigenvalue weighted by molar-refractivity contribution is 0.0650. The molecule has 3 aliphatic rings. The summed E-state index contributed by atoms with van der Waals surface area (Å²) in [7, 11) is 2.33. The van der Waals surface area contributed by atoms with Crippen LogP contribution in [0.15, 0.2) is 24.3 Å². The maximum Gasteiger partial charge on any atom is 0.0591 e. The van der Waals surface area contributed by atoms with Crippen LogP contribution in [0.2, 0.25) is 5.02 Å². The zero-order valence-corrected chi connectivity index (χ0v) is 15.7. The molecule has 0 amide bonds. The fourth-order valence-electron chi connectivity index (χ4n) is 4.07. The van der Waals surface area contributed by atoms with Crippen LogP contribution < -0.4 is 5.32 Å². The van der Waals surface area contributed by atoms with Crippen molar-refractivity contribution < 1.29 is 4.74 Å². The number of benzene rings is 1. The summed E-state index contributed by atoms with van der Waals surface area (Å²) in [5.41, 5.74) is 1.75. The molecule has 0 atom stereocenters. The Morgan fingerprint density at radius 1 is 1.04 bits per heavy atom. The van der Waals surface area contributed by atoms with Crippen LogP contribution in [0.1, 0.15) is 50.5 Å². The minimum Gasteiger partial charge on any atom is -0.379 e. The largest absolute Gasteiger partial charge is 0.379 e. The van der Waals surface area contributed by atoms with Gasteiger partial charge in [0.25, 0.3) is 0 Å². The molecule has 1 aromatic carbocycles. The van der Waals surface area contributed by atoms with Crippen molar-refractivity contribution in [1.29, 1.82) is 0 Å². The van der Waals surface area contributed by atoms with E-state index < -0.39 is 0 Å². The van der Waals surface area contributed by atoms with Crippen LogP contribution in [0.25, 0.3) is 0 Å². The molecule has 2 saturated carbocycles. The summed E-state index contributed by atoms with van der Waals surface area (Å²) in [6.45, 7) is 3.83. The summed E-state index contributed by atoms with van der Waals surface area (Å²) >= 11 is 6.04. The van der Waals surface area contributed by atoms with Gasteiger partial charge >= 0.3 is 0 Å². The predicted octanol–water partition coefficient (Wildman–Crippen LogP) is 4.20. The fourth-order valence-corrected chi connectivity index (χ4v) is 4.19. The summed E-state index contributed by atoms with van der Waals surface area (Å²) in [5.74, 6) is 0. The molecule has 1 aliphatic heterocycles. The van der Waals surface area contributed by atoms with Gasteiger partial charge in [-0.3, -0.25) is 4.90 Å². The summed E-state index contributed by atoms with van der Waals surface area (Å²) in [6, 6.07) is 9.40. The van der Waals surface area contributed by atoms with E-state index in [1.807, 2.05) is 12.1 Å². The van der Waals surface area contributed by atoms with Gasteiger partial charge in [0.05, 0.1) is 13.2 Å². The minimum atomic E-state index is 0.282. The SMILES string of the molecule is C1COCCN1.CN(C1CC1)C1(c2ccc(Cl)cc2)CCCCC1. The molecule has 0 radical (unpaired) electrons.